The van der Waals surface area contributed by atoms with E-state index in [2.05, 4.69) is 5.32 Å². The molecule has 1 aromatic rings. The molecule has 1 aromatic carbocycles. The van der Waals surface area contributed by atoms with Gasteiger partial charge in [0, 0.05) is 19.1 Å². The SMILES string of the molecule is CCNC1CCCN(S(=O)(=O)c2cccc(F)c2)C1. The fourth-order valence-corrected chi connectivity index (χ4v) is 3.95. The molecule has 0 aromatic heterocycles. The van der Waals surface area contributed by atoms with Crippen LogP contribution in [0, 0.1) is 5.82 Å². The van der Waals surface area contributed by atoms with Gasteiger partial charge >= 0.3 is 0 Å². The molecule has 1 N–H and O–H groups in total. The summed E-state index contributed by atoms with van der Waals surface area (Å²) in [5, 5.41) is 3.27. The van der Waals surface area contributed by atoms with Crippen molar-refractivity contribution in [2.45, 2.75) is 30.7 Å². The van der Waals surface area contributed by atoms with Crippen molar-refractivity contribution in [1.29, 1.82) is 0 Å². The lowest BCUT2D eigenvalue weighted by Crippen LogP contribution is -2.47. The van der Waals surface area contributed by atoms with Crippen molar-refractivity contribution in [2.75, 3.05) is 19.6 Å². The Labute approximate surface area is 113 Å². The van der Waals surface area contributed by atoms with Crippen LogP contribution in [0.15, 0.2) is 29.2 Å². The van der Waals surface area contributed by atoms with Crippen molar-refractivity contribution in [1.82, 2.24) is 9.62 Å². The van der Waals surface area contributed by atoms with Crippen LogP contribution in [0.1, 0.15) is 19.8 Å². The summed E-state index contributed by atoms with van der Waals surface area (Å²) in [4.78, 5) is 0.0321. The van der Waals surface area contributed by atoms with Gasteiger partial charge in [-0.05, 0) is 37.6 Å². The number of halogens is 1. The Balaban J connectivity index is 2.19. The molecule has 1 fully saturated rings. The molecule has 1 aliphatic heterocycles. The molecule has 1 heterocycles. The van der Waals surface area contributed by atoms with Gasteiger partial charge in [0.15, 0.2) is 0 Å². The Morgan fingerprint density at radius 3 is 2.95 bits per heavy atom. The number of piperidine rings is 1. The number of nitrogens with zero attached hydrogens (tertiary/aromatic N) is 1. The van der Waals surface area contributed by atoms with Gasteiger partial charge in [0.05, 0.1) is 4.90 Å². The predicted molar refractivity (Wildman–Crippen MR) is 71.9 cm³/mol. The second-order valence-corrected chi connectivity index (χ2v) is 6.66. The third kappa shape index (κ3) is 3.32. The normalized spacial score (nSPS) is 21.5. The molecule has 6 heteroatoms. The van der Waals surface area contributed by atoms with Crippen LogP contribution in [0.25, 0.3) is 0 Å². The first kappa shape index (κ1) is 14.4. The smallest absolute Gasteiger partial charge is 0.243 e. The van der Waals surface area contributed by atoms with Gasteiger partial charge < -0.3 is 5.32 Å². The summed E-state index contributed by atoms with van der Waals surface area (Å²) in [5.74, 6) is -0.527. The van der Waals surface area contributed by atoms with Gasteiger partial charge in [-0.25, -0.2) is 12.8 Å². The molecule has 0 aliphatic carbocycles. The van der Waals surface area contributed by atoms with Crippen LogP contribution in [0.5, 0.6) is 0 Å². The number of rotatable bonds is 4. The standard InChI is InChI=1S/C13H19FN2O2S/c1-2-15-12-6-4-8-16(10-12)19(17,18)13-7-3-5-11(14)9-13/h3,5,7,9,12,15H,2,4,6,8,10H2,1H3. The molecule has 19 heavy (non-hydrogen) atoms. The maximum absolute atomic E-state index is 13.2. The maximum Gasteiger partial charge on any atom is 0.243 e. The topological polar surface area (TPSA) is 49.4 Å². The second kappa shape index (κ2) is 5.98. The molecule has 0 spiro atoms. The minimum Gasteiger partial charge on any atom is -0.313 e. The van der Waals surface area contributed by atoms with Gasteiger partial charge in [-0.3, -0.25) is 0 Å². The van der Waals surface area contributed by atoms with E-state index >= 15 is 0 Å². The number of hydrogen-bond acceptors (Lipinski definition) is 3. The lowest BCUT2D eigenvalue weighted by molar-refractivity contribution is 0.286. The summed E-state index contributed by atoms with van der Waals surface area (Å²) in [6.45, 7) is 3.77. The van der Waals surface area contributed by atoms with E-state index in [1.165, 1.54) is 22.5 Å². The molecule has 1 aliphatic rings. The van der Waals surface area contributed by atoms with E-state index in [1.807, 2.05) is 6.92 Å². The van der Waals surface area contributed by atoms with Crippen LogP contribution in [0.4, 0.5) is 4.39 Å². The van der Waals surface area contributed by atoms with Gasteiger partial charge in [0.1, 0.15) is 5.82 Å². The molecule has 106 valence electrons. The van der Waals surface area contributed by atoms with Gasteiger partial charge in [-0.2, -0.15) is 4.31 Å². The van der Waals surface area contributed by atoms with E-state index in [0.29, 0.717) is 13.1 Å². The summed E-state index contributed by atoms with van der Waals surface area (Å²) in [6, 6.07) is 5.37. The molecule has 1 atom stereocenters. The van der Waals surface area contributed by atoms with Crippen molar-refractivity contribution < 1.29 is 12.8 Å². The molecule has 2 rings (SSSR count). The van der Waals surface area contributed by atoms with Crippen LogP contribution >= 0.6 is 0 Å². The average molecular weight is 286 g/mol. The zero-order valence-corrected chi connectivity index (χ0v) is 11.8. The van der Waals surface area contributed by atoms with Gasteiger partial charge in [-0.1, -0.05) is 13.0 Å². The fourth-order valence-electron chi connectivity index (χ4n) is 2.39. The maximum atomic E-state index is 13.2. The highest BCUT2D eigenvalue weighted by atomic mass is 32.2. The zero-order chi connectivity index (χ0) is 13.9. The Bertz CT molecular complexity index is 531. The van der Waals surface area contributed by atoms with Crippen molar-refractivity contribution in [3.63, 3.8) is 0 Å². The van der Waals surface area contributed by atoms with Gasteiger partial charge in [-0.15, -0.1) is 0 Å². The molecule has 0 radical (unpaired) electrons. The third-order valence-electron chi connectivity index (χ3n) is 3.31. The van der Waals surface area contributed by atoms with E-state index in [4.69, 9.17) is 0 Å². The van der Waals surface area contributed by atoms with Crippen molar-refractivity contribution in [3.8, 4) is 0 Å². The second-order valence-electron chi connectivity index (χ2n) is 4.72. The average Bonchev–Trinajstić information content (AvgIpc) is 2.39. The first-order valence-electron chi connectivity index (χ1n) is 6.53. The predicted octanol–water partition coefficient (Wildman–Crippen LogP) is 1.59. The Morgan fingerprint density at radius 2 is 2.26 bits per heavy atom. The lowest BCUT2D eigenvalue weighted by Gasteiger charge is -2.32. The summed E-state index contributed by atoms with van der Waals surface area (Å²) in [5.41, 5.74) is 0. The van der Waals surface area contributed by atoms with Crippen LogP contribution in [0.2, 0.25) is 0 Å². The molecule has 0 saturated carbocycles. The van der Waals surface area contributed by atoms with E-state index in [0.717, 1.165) is 25.5 Å². The monoisotopic (exact) mass is 286 g/mol. The highest BCUT2D eigenvalue weighted by Crippen LogP contribution is 2.21. The number of hydrogen-bond donors (Lipinski definition) is 1. The molecular weight excluding hydrogens is 267 g/mol. The van der Waals surface area contributed by atoms with E-state index in [1.54, 1.807) is 0 Å². The Morgan fingerprint density at radius 1 is 1.47 bits per heavy atom. The minimum atomic E-state index is -3.58. The molecule has 0 amide bonds. The number of sulfonamides is 1. The molecule has 4 nitrogen and oxygen atoms in total. The lowest BCUT2D eigenvalue weighted by atomic mass is 10.1. The van der Waals surface area contributed by atoms with E-state index in [9.17, 15) is 12.8 Å². The number of likely N-dealkylation sites (N-methyl/N-ethyl adjacent to an activating group) is 1. The van der Waals surface area contributed by atoms with Gasteiger partial charge in [0.25, 0.3) is 0 Å². The quantitative estimate of drug-likeness (QED) is 0.914. The summed E-state index contributed by atoms with van der Waals surface area (Å²) in [7, 11) is -3.58. The minimum absolute atomic E-state index is 0.0321. The zero-order valence-electron chi connectivity index (χ0n) is 11.0. The highest BCUT2D eigenvalue weighted by Gasteiger charge is 2.29. The van der Waals surface area contributed by atoms with Crippen LogP contribution < -0.4 is 5.32 Å². The number of nitrogens with one attached hydrogen (secondary N) is 1. The summed E-state index contributed by atoms with van der Waals surface area (Å²) >= 11 is 0. The first-order valence-corrected chi connectivity index (χ1v) is 7.97. The summed E-state index contributed by atoms with van der Waals surface area (Å²) < 4.78 is 39.5. The first-order chi connectivity index (χ1) is 9.04. The van der Waals surface area contributed by atoms with E-state index < -0.39 is 15.8 Å². The molecule has 1 unspecified atom stereocenters. The van der Waals surface area contributed by atoms with Crippen molar-refractivity contribution in [2.24, 2.45) is 0 Å². The Kier molecular flexibility index (Phi) is 4.54. The van der Waals surface area contributed by atoms with Gasteiger partial charge in [0.2, 0.25) is 10.0 Å². The third-order valence-corrected chi connectivity index (χ3v) is 5.17. The molecule has 1 saturated heterocycles. The van der Waals surface area contributed by atoms with Crippen LogP contribution in [-0.4, -0.2) is 38.4 Å². The van der Waals surface area contributed by atoms with Crippen LogP contribution in [0.3, 0.4) is 0 Å². The molecular formula is C13H19FN2O2S. The van der Waals surface area contributed by atoms with Crippen LogP contribution in [-0.2, 0) is 10.0 Å². The van der Waals surface area contributed by atoms with E-state index in [-0.39, 0.29) is 10.9 Å². The molecule has 0 bridgehead atoms. The highest BCUT2D eigenvalue weighted by molar-refractivity contribution is 7.89. The van der Waals surface area contributed by atoms with Crippen molar-refractivity contribution >= 4 is 10.0 Å². The largest absolute Gasteiger partial charge is 0.313 e. The fraction of sp³-hybridized carbons (Fsp3) is 0.538. The van der Waals surface area contributed by atoms with Crippen molar-refractivity contribution in [3.05, 3.63) is 30.1 Å². The summed E-state index contributed by atoms with van der Waals surface area (Å²) in [6.07, 6.45) is 1.80. The number of benzene rings is 1. The Hall–Kier alpha value is -0.980.